The molecule has 0 saturated carbocycles. The maximum Gasteiger partial charge on any atom is 0.276 e. The van der Waals surface area contributed by atoms with E-state index in [1.54, 1.807) is 11.0 Å². The minimum Gasteiger partial charge on any atom is -0.360 e. The Morgan fingerprint density at radius 3 is 2.56 bits per heavy atom. The lowest BCUT2D eigenvalue weighted by Crippen LogP contribution is -2.46. The van der Waals surface area contributed by atoms with Gasteiger partial charge in [-0.15, -0.1) is 0 Å². The van der Waals surface area contributed by atoms with E-state index in [2.05, 4.69) is 15.0 Å². The highest BCUT2D eigenvalue weighted by atomic mass is 16.5. The van der Waals surface area contributed by atoms with Crippen LogP contribution in [0, 0.1) is 0 Å². The molecule has 3 rings (SSSR count). The number of hydrogen-bond donors (Lipinski definition) is 0. The van der Waals surface area contributed by atoms with E-state index in [0.717, 1.165) is 37.5 Å². The molecule has 0 spiro atoms. The van der Waals surface area contributed by atoms with Gasteiger partial charge in [0, 0.05) is 43.9 Å². The molecule has 1 aliphatic rings. The van der Waals surface area contributed by atoms with E-state index in [9.17, 15) is 4.79 Å². The van der Waals surface area contributed by atoms with E-state index in [-0.39, 0.29) is 17.4 Å². The summed E-state index contributed by atoms with van der Waals surface area (Å²) in [6.07, 6.45) is 3.65. The van der Waals surface area contributed by atoms with Crippen LogP contribution in [0.15, 0.2) is 35.0 Å². The zero-order valence-electron chi connectivity index (χ0n) is 15.4. The fourth-order valence-electron chi connectivity index (χ4n) is 3.10. The first-order chi connectivity index (χ1) is 11.9. The molecular weight excluding hydrogens is 316 g/mol. The van der Waals surface area contributed by atoms with Crippen LogP contribution in [-0.2, 0) is 5.41 Å². The molecule has 0 atom stereocenters. The molecule has 6 nitrogen and oxygen atoms in total. The number of piperidine rings is 1. The number of amides is 1. The van der Waals surface area contributed by atoms with Crippen LogP contribution in [0.1, 0.15) is 49.9 Å². The van der Waals surface area contributed by atoms with E-state index >= 15 is 0 Å². The zero-order valence-corrected chi connectivity index (χ0v) is 15.4. The van der Waals surface area contributed by atoms with Crippen LogP contribution in [-0.4, -0.2) is 47.1 Å². The van der Waals surface area contributed by atoms with Gasteiger partial charge >= 0.3 is 0 Å². The third-order valence-electron chi connectivity index (χ3n) is 4.77. The summed E-state index contributed by atoms with van der Waals surface area (Å²) in [7, 11) is 1.86. The van der Waals surface area contributed by atoms with E-state index < -0.39 is 0 Å². The predicted molar refractivity (Wildman–Crippen MR) is 96.8 cm³/mol. The summed E-state index contributed by atoms with van der Waals surface area (Å²) in [5.74, 6) is 1.66. The number of rotatable bonds is 3. The van der Waals surface area contributed by atoms with E-state index in [1.165, 1.54) is 0 Å². The topological polar surface area (TPSA) is 62.5 Å². The molecule has 134 valence electrons. The van der Waals surface area contributed by atoms with Gasteiger partial charge in [0.15, 0.2) is 5.69 Å². The Balaban J connectivity index is 1.61. The minimum absolute atomic E-state index is 0.0736. The molecule has 0 aromatic carbocycles. The summed E-state index contributed by atoms with van der Waals surface area (Å²) < 4.78 is 5.35. The molecule has 1 amide bonds. The van der Waals surface area contributed by atoms with Crippen molar-refractivity contribution in [3.8, 4) is 0 Å². The smallest absolute Gasteiger partial charge is 0.276 e. The van der Waals surface area contributed by atoms with Crippen molar-refractivity contribution in [3.63, 3.8) is 0 Å². The lowest BCUT2D eigenvalue weighted by molar-refractivity contribution is 0.0698. The molecule has 25 heavy (non-hydrogen) atoms. The highest BCUT2D eigenvalue weighted by molar-refractivity contribution is 5.92. The number of carbonyl (C=O) groups excluding carboxylic acids is 1. The van der Waals surface area contributed by atoms with Gasteiger partial charge in [0.1, 0.15) is 11.6 Å². The van der Waals surface area contributed by atoms with Crippen molar-refractivity contribution in [3.05, 3.63) is 41.9 Å². The van der Waals surface area contributed by atoms with Crippen LogP contribution in [0.4, 0.5) is 5.82 Å². The highest BCUT2D eigenvalue weighted by Gasteiger charge is 2.29. The number of hydrogen-bond acceptors (Lipinski definition) is 5. The molecule has 1 aliphatic heterocycles. The average molecular weight is 342 g/mol. The molecule has 2 aromatic rings. The Bertz CT molecular complexity index is 713. The van der Waals surface area contributed by atoms with Crippen LogP contribution >= 0.6 is 0 Å². The fourth-order valence-corrected chi connectivity index (χ4v) is 3.10. The molecule has 1 saturated heterocycles. The van der Waals surface area contributed by atoms with Crippen molar-refractivity contribution in [1.82, 2.24) is 15.0 Å². The van der Waals surface area contributed by atoms with Gasteiger partial charge in [-0.25, -0.2) is 4.98 Å². The normalized spacial score (nSPS) is 16.1. The summed E-state index contributed by atoms with van der Waals surface area (Å²) in [5, 5.41) is 3.97. The van der Waals surface area contributed by atoms with Crippen molar-refractivity contribution in [2.24, 2.45) is 0 Å². The van der Waals surface area contributed by atoms with Crippen molar-refractivity contribution in [1.29, 1.82) is 0 Å². The van der Waals surface area contributed by atoms with Crippen molar-refractivity contribution < 1.29 is 9.32 Å². The second kappa shape index (κ2) is 6.86. The van der Waals surface area contributed by atoms with Crippen molar-refractivity contribution in [2.45, 2.75) is 45.1 Å². The van der Waals surface area contributed by atoms with Crippen molar-refractivity contribution >= 4 is 11.7 Å². The SMILES string of the molecule is CN(C(=O)c1cc(C(C)(C)C)on1)C1CCN(c2ccccn2)CC1. The largest absolute Gasteiger partial charge is 0.360 e. The van der Waals surface area contributed by atoms with Gasteiger partial charge in [-0.3, -0.25) is 4.79 Å². The molecule has 0 N–H and O–H groups in total. The fraction of sp³-hybridized carbons (Fsp3) is 0.526. The van der Waals surface area contributed by atoms with Gasteiger partial charge in [-0.05, 0) is 25.0 Å². The van der Waals surface area contributed by atoms with Crippen LogP contribution in [0.3, 0.4) is 0 Å². The molecule has 6 heteroatoms. The molecule has 0 aliphatic carbocycles. The number of aromatic nitrogens is 2. The van der Waals surface area contributed by atoms with Crippen LogP contribution < -0.4 is 4.90 Å². The second-order valence-corrected chi connectivity index (χ2v) is 7.65. The van der Waals surface area contributed by atoms with Crippen LogP contribution in [0.5, 0.6) is 0 Å². The summed E-state index contributed by atoms with van der Waals surface area (Å²) >= 11 is 0. The number of nitrogens with zero attached hydrogens (tertiary/aromatic N) is 4. The van der Waals surface area contributed by atoms with Crippen molar-refractivity contribution in [2.75, 3.05) is 25.0 Å². The molecule has 3 heterocycles. The molecular formula is C19H26N4O2. The third kappa shape index (κ3) is 3.83. The summed E-state index contributed by atoms with van der Waals surface area (Å²) in [6, 6.07) is 7.93. The molecule has 0 radical (unpaired) electrons. The quantitative estimate of drug-likeness (QED) is 0.858. The first kappa shape index (κ1) is 17.5. The Kier molecular flexibility index (Phi) is 4.79. The lowest BCUT2D eigenvalue weighted by Gasteiger charge is -2.37. The number of pyridine rings is 1. The highest BCUT2D eigenvalue weighted by Crippen LogP contribution is 2.25. The van der Waals surface area contributed by atoms with Gasteiger partial charge in [0.05, 0.1) is 0 Å². The Hall–Kier alpha value is -2.37. The molecule has 0 unspecified atom stereocenters. The maximum atomic E-state index is 12.7. The van der Waals surface area contributed by atoms with Gasteiger partial charge in [0.25, 0.3) is 5.91 Å². The number of carbonyl (C=O) groups is 1. The van der Waals surface area contributed by atoms with E-state index in [4.69, 9.17) is 4.52 Å². The average Bonchev–Trinajstić information content (AvgIpc) is 3.12. The Labute approximate surface area is 148 Å². The Morgan fingerprint density at radius 1 is 1.28 bits per heavy atom. The Morgan fingerprint density at radius 2 is 2.00 bits per heavy atom. The first-order valence-corrected chi connectivity index (χ1v) is 8.76. The standard InChI is InChI=1S/C19H26N4O2/c1-19(2,3)16-13-15(21-25-16)18(24)22(4)14-8-11-23(12-9-14)17-7-5-6-10-20-17/h5-7,10,13-14H,8-9,11-12H2,1-4H3. The summed E-state index contributed by atoms with van der Waals surface area (Å²) in [5.41, 5.74) is 0.234. The third-order valence-corrected chi connectivity index (χ3v) is 4.77. The molecule has 1 fully saturated rings. The van der Waals surface area contributed by atoms with E-state index in [0.29, 0.717) is 5.69 Å². The van der Waals surface area contributed by atoms with Gasteiger partial charge in [-0.2, -0.15) is 0 Å². The summed E-state index contributed by atoms with van der Waals surface area (Å²) in [4.78, 5) is 21.2. The minimum atomic E-state index is -0.155. The summed E-state index contributed by atoms with van der Waals surface area (Å²) in [6.45, 7) is 7.91. The van der Waals surface area contributed by atoms with E-state index in [1.807, 2.05) is 52.2 Å². The number of anilines is 1. The molecule has 0 bridgehead atoms. The zero-order chi connectivity index (χ0) is 18.0. The monoisotopic (exact) mass is 342 g/mol. The second-order valence-electron chi connectivity index (χ2n) is 7.65. The predicted octanol–water partition coefficient (Wildman–Crippen LogP) is 3.11. The molecule has 2 aromatic heterocycles. The first-order valence-electron chi connectivity index (χ1n) is 8.76. The van der Waals surface area contributed by atoms with Gasteiger partial charge < -0.3 is 14.3 Å². The van der Waals surface area contributed by atoms with Gasteiger partial charge in [-0.1, -0.05) is 32.0 Å². The van der Waals surface area contributed by atoms with Crippen LogP contribution in [0.25, 0.3) is 0 Å². The van der Waals surface area contributed by atoms with Crippen LogP contribution in [0.2, 0.25) is 0 Å². The maximum absolute atomic E-state index is 12.7. The van der Waals surface area contributed by atoms with Gasteiger partial charge in [0.2, 0.25) is 0 Å². The lowest BCUT2D eigenvalue weighted by atomic mass is 9.93.